The second-order valence-electron chi connectivity index (χ2n) is 8.46. The molecule has 3 aromatic rings. The summed E-state index contributed by atoms with van der Waals surface area (Å²) >= 11 is 0. The van der Waals surface area contributed by atoms with Crippen molar-refractivity contribution in [3.05, 3.63) is 72.8 Å². The van der Waals surface area contributed by atoms with Crippen molar-refractivity contribution in [3.8, 4) is 17.2 Å². The van der Waals surface area contributed by atoms with Crippen LogP contribution in [0.3, 0.4) is 0 Å². The van der Waals surface area contributed by atoms with Gasteiger partial charge in [0, 0.05) is 11.8 Å². The Labute approximate surface area is 211 Å². The van der Waals surface area contributed by atoms with Crippen molar-refractivity contribution in [1.82, 2.24) is 0 Å². The number of sulfonamides is 1. The molecule has 1 N–H and O–H groups in total. The Morgan fingerprint density at radius 2 is 1.58 bits per heavy atom. The van der Waals surface area contributed by atoms with Crippen LogP contribution in [0.2, 0.25) is 0 Å². The van der Waals surface area contributed by atoms with Crippen LogP contribution in [0.1, 0.15) is 25.7 Å². The van der Waals surface area contributed by atoms with E-state index in [0.29, 0.717) is 11.4 Å². The second-order valence-corrected chi connectivity index (χ2v) is 10.3. The first-order valence-electron chi connectivity index (χ1n) is 11.8. The second kappa shape index (κ2) is 11.3. The molecule has 1 amide bonds. The Morgan fingerprint density at radius 1 is 0.917 bits per heavy atom. The number of nitrogens with one attached hydrogen (secondary N) is 1. The predicted molar refractivity (Wildman–Crippen MR) is 138 cm³/mol. The number of anilines is 2. The molecule has 0 unspecified atom stereocenters. The molecule has 190 valence electrons. The first-order chi connectivity index (χ1) is 17.4. The highest BCUT2D eigenvalue weighted by atomic mass is 32.2. The molecule has 0 atom stereocenters. The Bertz CT molecular complexity index is 1270. The lowest BCUT2D eigenvalue weighted by atomic mass is 10.2. The Morgan fingerprint density at radius 3 is 2.22 bits per heavy atom. The Kier molecular flexibility index (Phi) is 8.00. The number of hydrogen-bond acceptors (Lipinski definition) is 6. The standard InChI is InChI=1S/C27H30N2O6S/c1-33-23-16-17-26(34-2)25(18-23)29(36(31,32)24-10-4-3-5-11-24)19-27(30)28-20-12-14-22(15-13-20)35-21-8-6-7-9-21/h3-5,10-18,21H,6-9,19H2,1-2H3,(H,28,30). The minimum absolute atomic E-state index is 0.0519. The van der Waals surface area contributed by atoms with Crippen LogP contribution in [-0.4, -0.2) is 41.2 Å². The van der Waals surface area contributed by atoms with Crippen molar-refractivity contribution in [2.24, 2.45) is 0 Å². The quantitative estimate of drug-likeness (QED) is 0.419. The molecule has 8 nitrogen and oxygen atoms in total. The fourth-order valence-electron chi connectivity index (χ4n) is 4.16. The van der Waals surface area contributed by atoms with Crippen LogP contribution in [0.5, 0.6) is 17.2 Å². The third-order valence-electron chi connectivity index (χ3n) is 6.02. The van der Waals surface area contributed by atoms with E-state index in [9.17, 15) is 13.2 Å². The van der Waals surface area contributed by atoms with E-state index in [1.54, 1.807) is 54.6 Å². The number of carbonyl (C=O) groups is 1. The summed E-state index contributed by atoms with van der Waals surface area (Å²) in [5.74, 6) is 0.951. The maximum atomic E-state index is 13.6. The molecule has 0 saturated heterocycles. The van der Waals surface area contributed by atoms with E-state index in [2.05, 4.69) is 5.32 Å². The third kappa shape index (κ3) is 5.91. The monoisotopic (exact) mass is 510 g/mol. The fraction of sp³-hybridized carbons (Fsp3) is 0.296. The van der Waals surface area contributed by atoms with Gasteiger partial charge >= 0.3 is 0 Å². The lowest BCUT2D eigenvalue weighted by Gasteiger charge is -2.26. The van der Waals surface area contributed by atoms with Gasteiger partial charge in [-0.05, 0) is 74.2 Å². The molecule has 4 rings (SSSR count). The summed E-state index contributed by atoms with van der Waals surface area (Å²) in [4.78, 5) is 13.1. The average molecular weight is 511 g/mol. The molecule has 36 heavy (non-hydrogen) atoms. The predicted octanol–water partition coefficient (Wildman–Crippen LogP) is 4.86. The number of carbonyl (C=O) groups excluding carboxylic acids is 1. The largest absolute Gasteiger partial charge is 0.497 e. The zero-order valence-corrected chi connectivity index (χ0v) is 21.2. The molecule has 1 fully saturated rings. The van der Waals surface area contributed by atoms with Gasteiger partial charge < -0.3 is 19.5 Å². The van der Waals surface area contributed by atoms with Crippen molar-refractivity contribution >= 4 is 27.3 Å². The number of ether oxygens (including phenoxy) is 3. The van der Waals surface area contributed by atoms with Crippen molar-refractivity contribution < 1.29 is 27.4 Å². The van der Waals surface area contributed by atoms with Gasteiger partial charge in [0.15, 0.2) is 0 Å². The summed E-state index contributed by atoms with van der Waals surface area (Å²) in [6, 6.07) is 19.8. The van der Waals surface area contributed by atoms with E-state index in [-0.39, 0.29) is 22.4 Å². The molecule has 0 aromatic heterocycles. The molecule has 0 radical (unpaired) electrons. The van der Waals surface area contributed by atoms with Crippen LogP contribution in [-0.2, 0) is 14.8 Å². The maximum absolute atomic E-state index is 13.6. The summed E-state index contributed by atoms with van der Waals surface area (Å²) in [6.45, 7) is -0.471. The fourth-order valence-corrected chi connectivity index (χ4v) is 5.60. The van der Waals surface area contributed by atoms with Crippen LogP contribution in [0, 0.1) is 0 Å². The van der Waals surface area contributed by atoms with Crippen LogP contribution in [0.25, 0.3) is 0 Å². The third-order valence-corrected chi connectivity index (χ3v) is 7.79. The van der Waals surface area contributed by atoms with Crippen molar-refractivity contribution in [1.29, 1.82) is 0 Å². The van der Waals surface area contributed by atoms with Gasteiger partial charge in [-0.3, -0.25) is 9.10 Å². The zero-order chi connectivity index (χ0) is 25.5. The van der Waals surface area contributed by atoms with E-state index in [1.165, 1.54) is 45.3 Å². The molecule has 3 aromatic carbocycles. The van der Waals surface area contributed by atoms with Crippen molar-refractivity contribution in [2.45, 2.75) is 36.7 Å². The van der Waals surface area contributed by atoms with Gasteiger partial charge in [-0.15, -0.1) is 0 Å². The van der Waals surface area contributed by atoms with E-state index >= 15 is 0 Å². The molecular weight excluding hydrogens is 480 g/mol. The summed E-state index contributed by atoms with van der Waals surface area (Å²) in [5, 5.41) is 2.78. The van der Waals surface area contributed by atoms with E-state index in [0.717, 1.165) is 22.9 Å². The van der Waals surface area contributed by atoms with E-state index in [1.807, 2.05) is 0 Å². The van der Waals surface area contributed by atoms with Crippen LogP contribution >= 0.6 is 0 Å². The lowest BCUT2D eigenvalue weighted by molar-refractivity contribution is -0.114. The highest BCUT2D eigenvalue weighted by molar-refractivity contribution is 7.92. The topological polar surface area (TPSA) is 94.2 Å². The molecule has 1 aliphatic rings. The van der Waals surface area contributed by atoms with Crippen molar-refractivity contribution in [2.75, 3.05) is 30.4 Å². The summed E-state index contributed by atoms with van der Waals surface area (Å²) in [6.07, 6.45) is 4.70. The Balaban J connectivity index is 1.58. The van der Waals surface area contributed by atoms with Gasteiger partial charge in [-0.1, -0.05) is 18.2 Å². The van der Waals surface area contributed by atoms with Crippen LogP contribution < -0.4 is 23.8 Å². The van der Waals surface area contributed by atoms with E-state index < -0.39 is 22.5 Å². The molecule has 0 bridgehead atoms. The number of methoxy groups -OCH3 is 2. The van der Waals surface area contributed by atoms with Gasteiger partial charge in [0.1, 0.15) is 23.8 Å². The van der Waals surface area contributed by atoms with Gasteiger partial charge in [-0.25, -0.2) is 8.42 Å². The van der Waals surface area contributed by atoms with Gasteiger partial charge in [0.2, 0.25) is 5.91 Å². The van der Waals surface area contributed by atoms with Gasteiger partial charge in [0.25, 0.3) is 10.0 Å². The minimum Gasteiger partial charge on any atom is -0.497 e. The number of amides is 1. The molecule has 1 saturated carbocycles. The SMILES string of the molecule is COc1ccc(OC)c(N(CC(=O)Nc2ccc(OC3CCCC3)cc2)S(=O)(=O)c2ccccc2)c1. The smallest absolute Gasteiger partial charge is 0.264 e. The van der Waals surface area contributed by atoms with Gasteiger partial charge in [-0.2, -0.15) is 0 Å². The maximum Gasteiger partial charge on any atom is 0.264 e. The van der Waals surface area contributed by atoms with Crippen LogP contribution in [0.15, 0.2) is 77.7 Å². The molecule has 0 heterocycles. The van der Waals surface area contributed by atoms with Gasteiger partial charge in [0.05, 0.1) is 30.9 Å². The molecular formula is C27H30N2O6S. The summed E-state index contributed by atoms with van der Waals surface area (Å²) in [7, 11) is -1.18. The average Bonchev–Trinajstić information content (AvgIpc) is 3.41. The highest BCUT2D eigenvalue weighted by Gasteiger charge is 2.30. The summed E-state index contributed by atoms with van der Waals surface area (Å²) < 4.78 is 45.0. The minimum atomic E-state index is -4.10. The molecule has 0 aliphatic heterocycles. The number of hydrogen-bond donors (Lipinski definition) is 1. The van der Waals surface area contributed by atoms with E-state index in [4.69, 9.17) is 14.2 Å². The first-order valence-corrected chi connectivity index (χ1v) is 13.2. The molecule has 0 spiro atoms. The number of benzene rings is 3. The van der Waals surface area contributed by atoms with Crippen LogP contribution in [0.4, 0.5) is 11.4 Å². The van der Waals surface area contributed by atoms with Crippen molar-refractivity contribution in [3.63, 3.8) is 0 Å². The zero-order valence-electron chi connectivity index (χ0n) is 20.3. The number of rotatable bonds is 10. The lowest BCUT2D eigenvalue weighted by Crippen LogP contribution is -2.38. The first kappa shape index (κ1) is 25.4. The normalized spacial score (nSPS) is 13.7. The Hall–Kier alpha value is -3.72. The highest BCUT2D eigenvalue weighted by Crippen LogP contribution is 2.35. The number of nitrogens with zero attached hydrogens (tertiary/aromatic N) is 1. The molecule has 1 aliphatic carbocycles. The molecule has 9 heteroatoms. The summed E-state index contributed by atoms with van der Waals surface area (Å²) in [5.41, 5.74) is 0.726.